The number of non-ortho nitro benzene ring substituents is 1. The summed E-state index contributed by atoms with van der Waals surface area (Å²) in [5, 5.41) is 11.7. The van der Waals surface area contributed by atoms with Gasteiger partial charge in [-0.1, -0.05) is 29.8 Å². The van der Waals surface area contributed by atoms with Crippen molar-refractivity contribution >= 4 is 28.2 Å². The zero-order chi connectivity index (χ0) is 14.8. The molecular weight excluding hydrogens is 294 g/mol. The highest BCUT2D eigenvalue weighted by Gasteiger charge is 2.18. The van der Waals surface area contributed by atoms with Crippen molar-refractivity contribution in [3.8, 4) is 11.6 Å². The van der Waals surface area contributed by atoms with Crippen molar-refractivity contribution in [2.75, 3.05) is 0 Å². The molecule has 0 spiro atoms. The maximum atomic E-state index is 11.1. The van der Waals surface area contributed by atoms with E-state index < -0.39 is 4.92 Å². The number of nitrogens with zero attached hydrogens (tertiary/aromatic N) is 3. The van der Waals surface area contributed by atoms with Gasteiger partial charge in [-0.3, -0.25) is 10.1 Å². The smallest absolute Gasteiger partial charge is 0.297 e. The van der Waals surface area contributed by atoms with Crippen molar-refractivity contribution in [2.45, 2.75) is 0 Å². The SMILES string of the molecule is O=[N+]([O-])c1cc(Cl)cc2c(Oc3ccccc3)ncnc12. The zero-order valence-corrected chi connectivity index (χ0v) is 11.3. The van der Waals surface area contributed by atoms with Gasteiger partial charge in [0.15, 0.2) is 5.52 Å². The number of rotatable bonds is 3. The van der Waals surface area contributed by atoms with Gasteiger partial charge in [-0.15, -0.1) is 0 Å². The van der Waals surface area contributed by atoms with Crippen molar-refractivity contribution in [2.24, 2.45) is 0 Å². The van der Waals surface area contributed by atoms with Crippen molar-refractivity contribution in [3.05, 3.63) is 63.9 Å². The summed E-state index contributed by atoms with van der Waals surface area (Å²) in [4.78, 5) is 18.5. The minimum atomic E-state index is -0.534. The highest BCUT2D eigenvalue weighted by molar-refractivity contribution is 6.31. The maximum absolute atomic E-state index is 11.1. The highest BCUT2D eigenvalue weighted by atomic mass is 35.5. The standard InChI is InChI=1S/C14H8ClN3O3/c15-9-6-11-13(12(7-9)18(19)20)16-8-17-14(11)21-10-4-2-1-3-5-10/h1-8H. The second-order valence-corrected chi connectivity index (χ2v) is 4.61. The molecule has 7 heteroatoms. The van der Waals surface area contributed by atoms with Crippen LogP contribution in [0.2, 0.25) is 5.02 Å². The molecule has 0 saturated carbocycles. The molecule has 1 aromatic heterocycles. The first kappa shape index (κ1) is 13.3. The predicted octanol–water partition coefficient (Wildman–Crippen LogP) is 3.98. The first-order valence-electron chi connectivity index (χ1n) is 5.96. The molecule has 1 heterocycles. The first-order valence-corrected chi connectivity index (χ1v) is 6.34. The molecule has 21 heavy (non-hydrogen) atoms. The lowest BCUT2D eigenvalue weighted by Gasteiger charge is -2.07. The Labute approximate surface area is 124 Å². The van der Waals surface area contributed by atoms with Crippen LogP contribution in [0.15, 0.2) is 48.8 Å². The van der Waals surface area contributed by atoms with Gasteiger partial charge in [0.1, 0.15) is 12.1 Å². The zero-order valence-electron chi connectivity index (χ0n) is 10.6. The van der Waals surface area contributed by atoms with Crippen molar-refractivity contribution in [3.63, 3.8) is 0 Å². The Morgan fingerprint density at radius 2 is 1.90 bits per heavy atom. The number of aromatic nitrogens is 2. The van der Waals surface area contributed by atoms with Gasteiger partial charge in [-0.25, -0.2) is 9.97 Å². The number of hydrogen-bond donors (Lipinski definition) is 0. The first-order chi connectivity index (χ1) is 10.1. The second-order valence-electron chi connectivity index (χ2n) is 4.17. The van der Waals surface area contributed by atoms with Crippen LogP contribution in [-0.2, 0) is 0 Å². The van der Waals surface area contributed by atoms with E-state index in [1.165, 1.54) is 12.4 Å². The van der Waals surface area contributed by atoms with Crippen LogP contribution in [0.5, 0.6) is 11.6 Å². The summed E-state index contributed by atoms with van der Waals surface area (Å²) in [5.41, 5.74) is 0.00291. The Kier molecular flexibility index (Phi) is 3.37. The van der Waals surface area contributed by atoms with E-state index >= 15 is 0 Å². The van der Waals surface area contributed by atoms with E-state index in [4.69, 9.17) is 16.3 Å². The summed E-state index contributed by atoms with van der Waals surface area (Å²) < 4.78 is 5.65. The van der Waals surface area contributed by atoms with Crippen molar-refractivity contribution < 1.29 is 9.66 Å². The van der Waals surface area contributed by atoms with Crippen molar-refractivity contribution in [1.82, 2.24) is 9.97 Å². The summed E-state index contributed by atoms with van der Waals surface area (Å²) in [5.74, 6) is 0.789. The molecule has 0 amide bonds. The minimum Gasteiger partial charge on any atom is -0.438 e. The van der Waals surface area contributed by atoms with Crippen LogP contribution in [0.25, 0.3) is 10.9 Å². The van der Waals surface area contributed by atoms with Crippen molar-refractivity contribution in [1.29, 1.82) is 0 Å². The minimum absolute atomic E-state index is 0.183. The molecule has 0 fully saturated rings. The van der Waals surface area contributed by atoms with Crippen LogP contribution >= 0.6 is 11.6 Å². The number of halogens is 1. The van der Waals surface area contributed by atoms with Gasteiger partial charge >= 0.3 is 0 Å². The average molecular weight is 302 g/mol. The lowest BCUT2D eigenvalue weighted by molar-refractivity contribution is -0.383. The normalized spacial score (nSPS) is 10.5. The predicted molar refractivity (Wildman–Crippen MR) is 77.7 cm³/mol. The van der Waals surface area contributed by atoms with E-state index in [1.54, 1.807) is 18.2 Å². The van der Waals surface area contributed by atoms with E-state index in [1.807, 2.05) is 18.2 Å². The molecule has 0 aliphatic carbocycles. The number of para-hydroxylation sites is 1. The lowest BCUT2D eigenvalue weighted by atomic mass is 10.2. The third kappa shape index (κ3) is 2.61. The van der Waals surface area contributed by atoms with Crippen LogP contribution in [0.3, 0.4) is 0 Å². The Morgan fingerprint density at radius 1 is 1.14 bits per heavy atom. The molecule has 0 aliphatic heterocycles. The Balaban J connectivity index is 2.18. The van der Waals surface area contributed by atoms with Gasteiger partial charge in [0.2, 0.25) is 5.88 Å². The van der Waals surface area contributed by atoms with Crippen LogP contribution in [0.1, 0.15) is 0 Å². The number of nitro benzene ring substituents is 1. The summed E-state index contributed by atoms with van der Waals surface area (Å²) in [6.07, 6.45) is 1.22. The van der Waals surface area contributed by atoms with Crippen LogP contribution in [0.4, 0.5) is 5.69 Å². The van der Waals surface area contributed by atoms with Gasteiger partial charge in [0, 0.05) is 11.1 Å². The van der Waals surface area contributed by atoms with E-state index in [9.17, 15) is 10.1 Å². The molecule has 104 valence electrons. The molecule has 6 nitrogen and oxygen atoms in total. The van der Waals surface area contributed by atoms with Gasteiger partial charge in [-0.2, -0.15) is 0 Å². The summed E-state index contributed by atoms with van der Waals surface area (Å²) >= 11 is 5.93. The monoisotopic (exact) mass is 301 g/mol. The average Bonchev–Trinajstić information content (AvgIpc) is 2.48. The summed E-state index contributed by atoms with van der Waals surface area (Å²) in [6.45, 7) is 0. The number of ether oxygens (including phenoxy) is 1. The molecule has 0 bridgehead atoms. The summed E-state index contributed by atoms with van der Waals surface area (Å²) in [7, 11) is 0. The number of hydrogen-bond acceptors (Lipinski definition) is 5. The third-order valence-electron chi connectivity index (χ3n) is 2.80. The fourth-order valence-corrected chi connectivity index (χ4v) is 2.13. The molecule has 0 N–H and O–H groups in total. The van der Waals surface area contributed by atoms with E-state index in [0.717, 1.165) is 0 Å². The lowest BCUT2D eigenvalue weighted by Crippen LogP contribution is -1.95. The molecule has 0 radical (unpaired) electrons. The number of fused-ring (bicyclic) bond motifs is 1. The Bertz CT molecular complexity index is 824. The fraction of sp³-hybridized carbons (Fsp3) is 0. The Hall–Kier alpha value is -2.73. The molecular formula is C14H8ClN3O3. The van der Waals surface area contributed by atoms with Gasteiger partial charge in [0.05, 0.1) is 10.3 Å². The molecule has 3 aromatic rings. The van der Waals surface area contributed by atoms with Gasteiger partial charge in [-0.05, 0) is 18.2 Å². The topological polar surface area (TPSA) is 78.2 Å². The van der Waals surface area contributed by atoms with Crippen LogP contribution in [-0.4, -0.2) is 14.9 Å². The molecule has 3 rings (SSSR count). The largest absolute Gasteiger partial charge is 0.438 e. The quantitative estimate of drug-likeness (QED) is 0.540. The maximum Gasteiger partial charge on any atom is 0.297 e. The Morgan fingerprint density at radius 3 is 2.62 bits per heavy atom. The van der Waals surface area contributed by atoms with Crippen LogP contribution < -0.4 is 4.74 Å². The van der Waals surface area contributed by atoms with Gasteiger partial charge < -0.3 is 4.74 Å². The van der Waals surface area contributed by atoms with E-state index in [2.05, 4.69) is 9.97 Å². The van der Waals surface area contributed by atoms with E-state index in [0.29, 0.717) is 11.1 Å². The van der Waals surface area contributed by atoms with E-state index in [-0.39, 0.29) is 22.1 Å². The number of nitro groups is 1. The second kappa shape index (κ2) is 5.34. The third-order valence-corrected chi connectivity index (χ3v) is 3.02. The number of benzene rings is 2. The molecule has 0 saturated heterocycles. The molecule has 0 aliphatic rings. The fourth-order valence-electron chi connectivity index (χ4n) is 1.91. The van der Waals surface area contributed by atoms with Gasteiger partial charge in [0.25, 0.3) is 5.69 Å². The summed E-state index contributed by atoms with van der Waals surface area (Å²) in [6, 6.07) is 11.8. The molecule has 2 aromatic carbocycles. The highest BCUT2D eigenvalue weighted by Crippen LogP contribution is 2.34. The molecule has 0 unspecified atom stereocenters. The van der Waals surface area contributed by atoms with Crippen LogP contribution in [0, 0.1) is 10.1 Å². The molecule has 0 atom stereocenters.